The van der Waals surface area contributed by atoms with Crippen LogP contribution in [0.5, 0.6) is 0 Å². The van der Waals surface area contributed by atoms with E-state index in [1.807, 2.05) is 0 Å². The van der Waals surface area contributed by atoms with Crippen molar-refractivity contribution in [3.8, 4) is 0 Å². The number of piperidine rings is 1. The topological polar surface area (TPSA) is 32.3 Å². The lowest BCUT2D eigenvalue weighted by atomic mass is 9.69. The first-order valence-corrected chi connectivity index (χ1v) is 9.79. The molecule has 23 heavy (non-hydrogen) atoms. The van der Waals surface area contributed by atoms with Crippen molar-refractivity contribution >= 4 is 5.91 Å². The van der Waals surface area contributed by atoms with Crippen LogP contribution >= 0.6 is 0 Å². The fourth-order valence-corrected chi connectivity index (χ4v) is 4.34. The van der Waals surface area contributed by atoms with Gasteiger partial charge in [-0.3, -0.25) is 4.79 Å². The predicted molar refractivity (Wildman–Crippen MR) is 97.3 cm³/mol. The maximum atomic E-state index is 12.5. The molecular weight excluding hydrogens is 284 g/mol. The minimum atomic E-state index is 0.262. The van der Waals surface area contributed by atoms with E-state index in [9.17, 15) is 4.79 Å². The fourth-order valence-electron chi connectivity index (χ4n) is 4.34. The molecule has 1 saturated heterocycles. The third-order valence-corrected chi connectivity index (χ3v) is 6.17. The van der Waals surface area contributed by atoms with Crippen LogP contribution in [0.4, 0.5) is 0 Å². The summed E-state index contributed by atoms with van der Waals surface area (Å²) >= 11 is 0. The van der Waals surface area contributed by atoms with E-state index in [-0.39, 0.29) is 5.92 Å². The Kier molecular flexibility index (Phi) is 6.53. The van der Waals surface area contributed by atoms with Gasteiger partial charge in [0.05, 0.1) is 0 Å². The lowest BCUT2D eigenvalue weighted by molar-refractivity contribution is -0.126. The Morgan fingerprint density at radius 3 is 2.35 bits per heavy atom. The summed E-state index contributed by atoms with van der Waals surface area (Å²) < 4.78 is 0. The summed E-state index contributed by atoms with van der Waals surface area (Å²) in [5, 5.41) is 3.27. The van der Waals surface area contributed by atoms with E-state index in [4.69, 9.17) is 0 Å². The van der Waals surface area contributed by atoms with E-state index in [0.717, 1.165) is 31.8 Å². The Balaban J connectivity index is 1.71. The molecule has 1 N–H and O–H groups in total. The number of amides is 1. The molecule has 134 valence electrons. The molecule has 1 heterocycles. The highest BCUT2D eigenvalue weighted by molar-refractivity contribution is 5.78. The second kappa shape index (κ2) is 8.00. The van der Waals surface area contributed by atoms with Crippen LogP contribution in [0, 0.1) is 23.2 Å². The third kappa shape index (κ3) is 5.48. The van der Waals surface area contributed by atoms with E-state index in [1.165, 1.54) is 32.2 Å². The average molecular weight is 323 g/mol. The van der Waals surface area contributed by atoms with Crippen LogP contribution in [0.1, 0.15) is 73.1 Å². The summed E-state index contributed by atoms with van der Waals surface area (Å²) in [6.45, 7) is 14.8. The van der Waals surface area contributed by atoms with E-state index in [2.05, 4.69) is 44.8 Å². The largest absolute Gasteiger partial charge is 0.356 e. The number of nitrogens with one attached hydrogen (secondary N) is 1. The molecule has 2 fully saturated rings. The molecule has 0 aromatic heterocycles. The lowest BCUT2D eigenvalue weighted by Gasteiger charge is -2.37. The minimum absolute atomic E-state index is 0.262. The van der Waals surface area contributed by atoms with E-state index >= 15 is 0 Å². The van der Waals surface area contributed by atoms with Gasteiger partial charge in [0, 0.05) is 25.0 Å². The Labute approximate surface area is 143 Å². The molecule has 2 rings (SSSR count). The monoisotopic (exact) mass is 322 g/mol. The zero-order chi connectivity index (χ0) is 17.0. The van der Waals surface area contributed by atoms with Crippen molar-refractivity contribution in [3.05, 3.63) is 0 Å². The summed E-state index contributed by atoms with van der Waals surface area (Å²) in [7, 11) is 0. The van der Waals surface area contributed by atoms with Crippen molar-refractivity contribution in [2.45, 2.75) is 79.2 Å². The Morgan fingerprint density at radius 1 is 1.13 bits per heavy atom. The molecule has 0 bridgehead atoms. The highest BCUT2D eigenvalue weighted by Gasteiger charge is 2.32. The van der Waals surface area contributed by atoms with E-state index < -0.39 is 0 Å². The normalized spacial score (nSPS) is 30.4. The number of hydrogen-bond acceptors (Lipinski definition) is 2. The van der Waals surface area contributed by atoms with Crippen LogP contribution < -0.4 is 5.32 Å². The quantitative estimate of drug-likeness (QED) is 0.846. The van der Waals surface area contributed by atoms with Crippen molar-refractivity contribution in [1.82, 2.24) is 10.2 Å². The van der Waals surface area contributed by atoms with Gasteiger partial charge in [0.1, 0.15) is 0 Å². The van der Waals surface area contributed by atoms with Crippen molar-refractivity contribution in [2.75, 3.05) is 19.6 Å². The molecule has 0 aromatic rings. The molecule has 1 unspecified atom stereocenters. The minimum Gasteiger partial charge on any atom is -0.356 e. The van der Waals surface area contributed by atoms with Gasteiger partial charge in [-0.1, -0.05) is 20.8 Å². The molecule has 3 heteroatoms. The number of rotatable bonds is 4. The Morgan fingerprint density at radius 2 is 1.78 bits per heavy atom. The lowest BCUT2D eigenvalue weighted by Crippen LogP contribution is -2.45. The third-order valence-electron chi connectivity index (χ3n) is 6.17. The number of carbonyl (C=O) groups is 1. The average Bonchev–Trinajstić information content (AvgIpc) is 2.52. The van der Waals surface area contributed by atoms with Crippen molar-refractivity contribution in [3.63, 3.8) is 0 Å². The van der Waals surface area contributed by atoms with Gasteiger partial charge >= 0.3 is 0 Å². The second-order valence-electron chi connectivity index (χ2n) is 9.26. The molecule has 1 aliphatic heterocycles. The maximum absolute atomic E-state index is 12.5. The summed E-state index contributed by atoms with van der Waals surface area (Å²) in [6.07, 6.45) is 7.13. The molecular formula is C20H38N2O. The van der Waals surface area contributed by atoms with Crippen LogP contribution in [-0.2, 0) is 4.79 Å². The Hall–Kier alpha value is -0.570. The summed E-state index contributed by atoms with van der Waals surface area (Å²) in [5.41, 5.74) is 0.393. The highest BCUT2D eigenvalue weighted by atomic mass is 16.1. The molecule has 0 aromatic carbocycles. The summed E-state index contributed by atoms with van der Waals surface area (Å²) in [4.78, 5) is 15.0. The van der Waals surface area contributed by atoms with Crippen LogP contribution in [-0.4, -0.2) is 36.5 Å². The Bertz CT molecular complexity index is 378. The van der Waals surface area contributed by atoms with Gasteiger partial charge in [-0.2, -0.15) is 0 Å². The standard InChI is InChI=1S/C20H38N2O/c1-15(2)22-12-6-7-16(14-22)13-21-19(23)17-8-10-18(11-9-17)20(3,4)5/h15-18H,6-14H2,1-5H3,(H,21,23). The van der Waals surface area contributed by atoms with Crippen LogP contribution in [0.2, 0.25) is 0 Å². The number of likely N-dealkylation sites (tertiary alicyclic amines) is 1. The van der Waals surface area contributed by atoms with Crippen molar-refractivity contribution in [2.24, 2.45) is 23.2 Å². The highest BCUT2D eigenvalue weighted by Crippen LogP contribution is 2.39. The summed E-state index contributed by atoms with van der Waals surface area (Å²) in [5.74, 6) is 2.00. The fraction of sp³-hybridized carbons (Fsp3) is 0.950. The molecule has 1 aliphatic carbocycles. The van der Waals surface area contributed by atoms with Gasteiger partial charge < -0.3 is 10.2 Å². The first-order chi connectivity index (χ1) is 10.8. The SMILES string of the molecule is CC(C)N1CCCC(CNC(=O)C2CCC(C(C)(C)C)CC2)C1. The van der Waals surface area contributed by atoms with Gasteiger partial charge in [-0.05, 0) is 76.2 Å². The van der Waals surface area contributed by atoms with Gasteiger partial charge in [-0.15, -0.1) is 0 Å². The van der Waals surface area contributed by atoms with Gasteiger partial charge in [0.25, 0.3) is 0 Å². The molecule has 0 radical (unpaired) electrons. The number of hydrogen-bond donors (Lipinski definition) is 1. The molecule has 1 atom stereocenters. The summed E-state index contributed by atoms with van der Waals surface area (Å²) in [6, 6.07) is 0.626. The van der Waals surface area contributed by atoms with Crippen LogP contribution in [0.3, 0.4) is 0 Å². The molecule has 3 nitrogen and oxygen atoms in total. The van der Waals surface area contributed by atoms with Crippen LogP contribution in [0.15, 0.2) is 0 Å². The van der Waals surface area contributed by atoms with E-state index in [0.29, 0.717) is 23.3 Å². The predicted octanol–water partition coefficient (Wildman–Crippen LogP) is 4.08. The zero-order valence-electron chi connectivity index (χ0n) is 16.0. The zero-order valence-corrected chi connectivity index (χ0v) is 16.0. The smallest absolute Gasteiger partial charge is 0.223 e. The van der Waals surface area contributed by atoms with Crippen molar-refractivity contribution < 1.29 is 4.79 Å². The van der Waals surface area contributed by atoms with Crippen LogP contribution in [0.25, 0.3) is 0 Å². The molecule has 1 amide bonds. The molecule has 0 spiro atoms. The first-order valence-electron chi connectivity index (χ1n) is 9.79. The second-order valence-corrected chi connectivity index (χ2v) is 9.26. The van der Waals surface area contributed by atoms with E-state index in [1.54, 1.807) is 0 Å². The number of nitrogens with zero attached hydrogens (tertiary/aromatic N) is 1. The maximum Gasteiger partial charge on any atom is 0.223 e. The molecule has 1 saturated carbocycles. The van der Waals surface area contributed by atoms with Gasteiger partial charge in [-0.25, -0.2) is 0 Å². The van der Waals surface area contributed by atoms with Gasteiger partial charge in [0.15, 0.2) is 0 Å². The van der Waals surface area contributed by atoms with Gasteiger partial charge in [0.2, 0.25) is 5.91 Å². The number of carbonyl (C=O) groups excluding carboxylic acids is 1. The molecule has 2 aliphatic rings. The van der Waals surface area contributed by atoms with Crippen molar-refractivity contribution in [1.29, 1.82) is 0 Å². The first kappa shape index (κ1) is 18.8.